The number of carbonyl (C=O) groups excluding carboxylic acids is 1. The Morgan fingerprint density at radius 2 is 2.40 bits per heavy atom. The summed E-state index contributed by atoms with van der Waals surface area (Å²) in [5.41, 5.74) is 6.78. The van der Waals surface area contributed by atoms with Crippen molar-refractivity contribution in [1.82, 2.24) is 9.55 Å². The standard InChI is InChI=1S/C10H11N3O2/c1-15-7-2-3-8-9(4-7)13(6-12-8)5-10(11)14/h2-4,6H,5H2,1H3,(H2,11,14). The van der Waals surface area contributed by atoms with Gasteiger partial charge in [0.1, 0.15) is 12.3 Å². The van der Waals surface area contributed by atoms with Crippen LogP contribution in [-0.2, 0) is 11.3 Å². The first kappa shape index (κ1) is 9.51. The van der Waals surface area contributed by atoms with Gasteiger partial charge in [-0.25, -0.2) is 4.98 Å². The van der Waals surface area contributed by atoms with Crippen LogP contribution in [0, 0.1) is 0 Å². The molecule has 1 heterocycles. The number of primary amides is 1. The largest absolute Gasteiger partial charge is 0.497 e. The van der Waals surface area contributed by atoms with Gasteiger partial charge in [-0.3, -0.25) is 4.79 Å². The lowest BCUT2D eigenvalue weighted by atomic mass is 10.3. The molecule has 15 heavy (non-hydrogen) atoms. The first-order valence-corrected chi connectivity index (χ1v) is 4.48. The molecular formula is C10H11N3O2. The van der Waals surface area contributed by atoms with Crippen LogP contribution in [0.1, 0.15) is 0 Å². The van der Waals surface area contributed by atoms with E-state index in [9.17, 15) is 4.79 Å². The monoisotopic (exact) mass is 205 g/mol. The summed E-state index contributed by atoms with van der Waals surface area (Å²) in [4.78, 5) is 15.0. The number of hydrogen-bond acceptors (Lipinski definition) is 3. The van der Waals surface area contributed by atoms with Gasteiger partial charge in [-0.2, -0.15) is 0 Å². The van der Waals surface area contributed by atoms with Gasteiger partial charge >= 0.3 is 0 Å². The van der Waals surface area contributed by atoms with Gasteiger partial charge in [-0.1, -0.05) is 0 Å². The normalized spacial score (nSPS) is 10.5. The van der Waals surface area contributed by atoms with Crippen molar-refractivity contribution in [2.75, 3.05) is 7.11 Å². The molecular weight excluding hydrogens is 194 g/mol. The topological polar surface area (TPSA) is 70.1 Å². The van der Waals surface area contributed by atoms with Crippen LogP contribution in [0.25, 0.3) is 11.0 Å². The third-order valence-corrected chi connectivity index (χ3v) is 2.15. The quantitative estimate of drug-likeness (QED) is 0.794. The molecule has 2 rings (SSSR count). The average Bonchev–Trinajstić information content (AvgIpc) is 2.60. The first-order chi connectivity index (χ1) is 7.20. The van der Waals surface area contributed by atoms with Crippen molar-refractivity contribution in [1.29, 1.82) is 0 Å². The minimum absolute atomic E-state index is 0.129. The molecule has 2 N–H and O–H groups in total. The maximum Gasteiger partial charge on any atom is 0.237 e. The van der Waals surface area contributed by atoms with Gasteiger partial charge in [0.25, 0.3) is 0 Å². The second-order valence-electron chi connectivity index (χ2n) is 3.19. The van der Waals surface area contributed by atoms with E-state index in [1.165, 1.54) is 0 Å². The molecule has 0 aliphatic rings. The van der Waals surface area contributed by atoms with Gasteiger partial charge in [0.05, 0.1) is 24.5 Å². The lowest BCUT2D eigenvalue weighted by molar-refractivity contribution is -0.118. The number of hydrogen-bond donors (Lipinski definition) is 1. The van der Waals surface area contributed by atoms with E-state index < -0.39 is 5.91 Å². The van der Waals surface area contributed by atoms with E-state index in [1.54, 1.807) is 18.0 Å². The molecule has 0 fully saturated rings. The summed E-state index contributed by atoms with van der Waals surface area (Å²) < 4.78 is 6.79. The van der Waals surface area contributed by atoms with Crippen LogP contribution in [-0.4, -0.2) is 22.6 Å². The fourth-order valence-electron chi connectivity index (χ4n) is 1.46. The number of ether oxygens (including phenoxy) is 1. The fourth-order valence-corrected chi connectivity index (χ4v) is 1.46. The molecule has 2 aromatic rings. The molecule has 5 heteroatoms. The zero-order valence-corrected chi connectivity index (χ0v) is 8.30. The summed E-state index contributed by atoms with van der Waals surface area (Å²) in [5, 5.41) is 0. The van der Waals surface area contributed by atoms with E-state index in [0.717, 1.165) is 16.8 Å². The number of amides is 1. The highest BCUT2D eigenvalue weighted by atomic mass is 16.5. The minimum atomic E-state index is -0.392. The molecule has 0 saturated heterocycles. The number of nitrogens with two attached hydrogens (primary N) is 1. The third-order valence-electron chi connectivity index (χ3n) is 2.15. The summed E-state index contributed by atoms with van der Waals surface area (Å²) in [6.07, 6.45) is 1.59. The third kappa shape index (κ3) is 1.76. The Morgan fingerprint density at radius 1 is 1.60 bits per heavy atom. The van der Waals surface area contributed by atoms with Crippen LogP contribution in [0.15, 0.2) is 24.5 Å². The van der Waals surface area contributed by atoms with Crippen molar-refractivity contribution in [3.63, 3.8) is 0 Å². The van der Waals surface area contributed by atoms with E-state index in [1.807, 2.05) is 18.2 Å². The number of fused-ring (bicyclic) bond motifs is 1. The van der Waals surface area contributed by atoms with Crippen LogP contribution < -0.4 is 10.5 Å². The Kier molecular flexibility index (Phi) is 2.29. The Balaban J connectivity index is 2.51. The molecule has 0 spiro atoms. The summed E-state index contributed by atoms with van der Waals surface area (Å²) >= 11 is 0. The van der Waals surface area contributed by atoms with E-state index in [-0.39, 0.29) is 6.54 Å². The zero-order chi connectivity index (χ0) is 10.8. The fraction of sp³-hybridized carbons (Fsp3) is 0.200. The molecule has 78 valence electrons. The number of methoxy groups -OCH3 is 1. The maximum atomic E-state index is 10.8. The van der Waals surface area contributed by atoms with E-state index in [4.69, 9.17) is 10.5 Å². The number of carbonyl (C=O) groups is 1. The second kappa shape index (κ2) is 3.61. The Hall–Kier alpha value is -2.04. The van der Waals surface area contributed by atoms with Crippen molar-refractivity contribution in [2.45, 2.75) is 6.54 Å². The molecule has 0 aliphatic carbocycles. The number of benzene rings is 1. The van der Waals surface area contributed by atoms with Crippen molar-refractivity contribution >= 4 is 16.9 Å². The van der Waals surface area contributed by atoms with Crippen molar-refractivity contribution < 1.29 is 9.53 Å². The minimum Gasteiger partial charge on any atom is -0.497 e. The van der Waals surface area contributed by atoms with Crippen molar-refractivity contribution in [3.8, 4) is 5.75 Å². The molecule has 1 amide bonds. The molecule has 0 atom stereocenters. The highest BCUT2D eigenvalue weighted by molar-refractivity contribution is 5.80. The molecule has 5 nitrogen and oxygen atoms in total. The number of rotatable bonds is 3. The van der Waals surface area contributed by atoms with E-state index in [0.29, 0.717) is 0 Å². The van der Waals surface area contributed by atoms with Crippen LogP contribution >= 0.6 is 0 Å². The van der Waals surface area contributed by atoms with Gasteiger partial charge in [0, 0.05) is 6.07 Å². The zero-order valence-electron chi connectivity index (χ0n) is 8.30. The summed E-state index contributed by atoms with van der Waals surface area (Å²) in [6.45, 7) is 0.129. The number of imidazole rings is 1. The Labute approximate surface area is 86.5 Å². The lowest BCUT2D eigenvalue weighted by Gasteiger charge is -2.02. The smallest absolute Gasteiger partial charge is 0.237 e. The maximum absolute atomic E-state index is 10.8. The van der Waals surface area contributed by atoms with Crippen LogP contribution in [0.2, 0.25) is 0 Å². The van der Waals surface area contributed by atoms with E-state index in [2.05, 4.69) is 4.98 Å². The van der Waals surface area contributed by atoms with Crippen LogP contribution in [0.5, 0.6) is 5.75 Å². The SMILES string of the molecule is COc1ccc2ncn(CC(N)=O)c2c1. The van der Waals surface area contributed by atoms with Gasteiger partial charge in [-0.15, -0.1) is 0 Å². The highest BCUT2D eigenvalue weighted by Gasteiger charge is 2.05. The highest BCUT2D eigenvalue weighted by Crippen LogP contribution is 2.19. The summed E-state index contributed by atoms with van der Waals surface area (Å²) in [7, 11) is 1.59. The van der Waals surface area contributed by atoms with Gasteiger partial charge in [0.2, 0.25) is 5.91 Å². The predicted octanol–water partition coefficient (Wildman–Crippen LogP) is 0.530. The summed E-state index contributed by atoms with van der Waals surface area (Å²) in [5.74, 6) is 0.339. The van der Waals surface area contributed by atoms with Crippen molar-refractivity contribution in [2.24, 2.45) is 5.73 Å². The van der Waals surface area contributed by atoms with Gasteiger partial charge in [0.15, 0.2) is 0 Å². The molecule has 0 unspecified atom stereocenters. The first-order valence-electron chi connectivity index (χ1n) is 4.48. The van der Waals surface area contributed by atoms with Gasteiger partial charge in [-0.05, 0) is 12.1 Å². The lowest BCUT2D eigenvalue weighted by Crippen LogP contribution is -2.17. The number of nitrogens with zero attached hydrogens (tertiary/aromatic N) is 2. The summed E-state index contributed by atoms with van der Waals surface area (Å²) in [6, 6.07) is 5.49. The average molecular weight is 205 g/mol. The molecule has 1 aromatic carbocycles. The van der Waals surface area contributed by atoms with Gasteiger partial charge < -0.3 is 15.0 Å². The molecule has 0 bridgehead atoms. The number of aromatic nitrogens is 2. The molecule has 0 aliphatic heterocycles. The van der Waals surface area contributed by atoms with E-state index >= 15 is 0 Å². The predicted molar refractivity (Wildman–Crippen MR) is 55.5 cm³/mol. The molecule has 1 aromatic heterocycles. The van der Waals surface area contributed by atoms with Crippen LogP contribution in [0.3, 0.4) is 0 Å². The van der Waals surface area contributed by atoms with Crippen molar-refractivity contribution in [3.05, 3.63) is 24.5 Å². The molecule has 0 saturated carbocycles. The Morgan fingerprint density at radius 3 is 3.07 bits per heavy atom. The second-order valence-corrected chi connectivity index (χ2v) is 3.19. The Bertz CT molecular complexity index is 504. The molecule has 0 radical (unpaired) electrons. The van der Waals surface area contributed by atoms with Crippen LogP contribution in [0.4, 0.5) is 0 Å².